The third-order valence-corrected chi connectivity index (χ3v) is 6.44. The number of nitrogens with zero attached hydrogens (tertiary/aromatic N) is 2. The molecule has 0 bridgehead atoms. The fourth-order valence-electron chi connectivity index (χ4n) is 3.28. The molecule has 0 amide bonds. The van der Waals surface area contributed by atoms with Gasteiger partial charge in [0.2, 0.25) is 10.0 Å². The molecule has 2 aliphatic heterocycles. The summed E-state index contributed by atoms with van der Waals surface area (Å²) in [6, 6.07) is 8.17. The van der Waals surface area contributed by atoms with Gasteiger partial charge in [0.05, 0.1) is 16.5 Å². The van der Waals surface area contributed by atoms with Gasteiger partial charge >= 0.3 is 0 Å². The Morgan fingerprint density at radius 1 is 1.30 bits per heavy atom. The van der Waals surface area contributed by atoms with E-state index in [0.29, 0.717) is 23.9 Å². The van der Waals surface area contributed by atoms with Gasteiger partial charge in [-0.15, -0.1) is 0 Å². The minimum Gasteiger partial charge on any atom is -0.316 e. The highest BCUT2D eigenvalue weighted by Gasteiger charge is 2.46. The molecular weight excluding hydrogens is 274 g/mol. The molecule has 3 atom stereocenters. The largest absolute Gasteiger partial charge is 0.316 e. The topological polar surface area (TPSA) is 73.2 Å². The van der Waals surface area contributed by atoms with Gasteiger partial charge in [-0.3, -0.25) is 0 Å². The Morgan fingerprint density at radius 3 is 2.60 bits per heavy atom. The van der Waals surface area contributed by atoms with Gasteiger partial charge in [0.25, 0.3) is 0 Å². The lowest BCUT2D eigenvalue weighted by atomic mass is 9.95. The lowest BCUT2D eigenvalue weighted by Crippen LogP contribution is -2.38. The summed E-state index contributed by atoms with van der Waals surface area (Å²) in [7, 11) is -3.46. The molecule has 1 aromatic carbocycles. The molecule has 1 N–H and O–H groups in total. The van der Waals surface area contributed by atoms with Crippen LogP contribution in [0.3, 0.4) is 0 Å². The first kappa shape index (κ1) is 13.6. The molecule has 0 aromatic heterocycles. The Balaban J connectivity index is 1.90. The van der Waals surface area contributed by atoms with Crippen molar-refractivity contribution in [3.63, 3.8) is 0 Å². The van der Waals surface area contributed by atoms with Gasteiger partial charge in [0.1, 0.15) is 0 Å². The van der Waals surface area contributed by atoms with Crippen molar-refractivity contribution in [2.24, 2.45) is 11.8 Å². The Kier molecular flexibility index (Phi) is 3.28. The van der Waals surface area contributed by atoms with Crippen molar-refractivity contribution in [1.82, 2.24) is 9.62 Å². The van der Waals surface area contributed by atoms with Gasteiger partial charge in [-0.2, -0.15) is 9.57 Å². The molecular formula is C14H17N3O2S. The lowest BCUT2D eigenvalue weighted by Gasteiger charge is -2.23. The first-order chi connectivity index (χ1) is 9.54. The predicted molar refractivity (Wildman–Crippen MR) is 74.4 cm³/mol. The molecule has 3 rings (SSSR count). The van der Waals surface area contributed by atoms with E-state index in [1.165, 1.54) is 12.1 Å². The summed E-state index contributed by atoms with van der Waals surface area (Å²) in [6.45, 7) is 4.36. The van der Waals surface area contributed by atoms with E-state index in [2.05, 4.69) is 5.32 Å². The summed E-state index contributed by atoms with van der Waals surface area (Å²) >= 11 is 0. The van der Waals surface area contributed by atoms with Crippen molar-refractivity contribution >= 4 is 10.0 Å². The normalized spacial score (nSPS) is 30.1. The summed E-state index contributed by atoms with van der Waals surface area (Å²) < 4.78 is 27.0. The molecule has 0 saturated carbocycles. The van der Waals surface area contributed by atoms with Crippen LogP contribution in [0.15, 0.2) is 29.2 Å². The van der Waals surface area contributed by atoms with Crippen LogP contribution in [0.25, 0.3) is 0 Å². The summed E-state index contributed by atoms with van der Waals surface area (Å²) in [4.78, 5) is 0.274. The summed E-state index contributed by atoms with van der Waals surface area (Å²) in [5.41, 5.74) is 0.472. The van der Waals surface area contributed by atoms with Crippen molar-refractivity contribution in [1.29, 1.82) is 5.26 Å². The maximum atomic E-state index is 12.7. The number of hydrogen-bond donors (Lipinski definition) is 1. The molecule has 2 aliphatic rings. The number of nitrogens with one attached hydrogen (secondary N) is 1. The van der Waals surface area contributed by atoms with Crippen molar-refractivity contribution in [3.05, 3.63) is 29.8 Å². The minimum atomic E-state index is -3.46. The molecule has 1 aromatic rings. The van der Waals surface area contributed by atoms with E-state index in [0.717, 1.165) is 13.1 Å². The molecule has 6 heteroatoms. The first-order valence-corrected chi connectivity index (χ1v) is 8.21. The highest BCUT2D eigenvalue weighted by molar-refractivity contribution is 7.89. The van der Waals surface area contributed by atoms with E-state index in [9.17, 15) is 8.42 Å². The van der Waals surface area contributed by atoms with E-state index >= 15 is 0 Å². The second-order valence-electron chi connectivity index (χ2n) is 5.53. The average molecular weight is 291 g/mol. The van der Waals surface area contributed by atoms with E-state index in [4.69, 9.17) is 5.26 Å². The van der Waals surface area contributed by atoms with E-state index in [-0.39, 0.29) is 10.9 Å². The fraction of sp³-hybridized carbons (Fsp3) is 0.500. The standard InChI is InChI=1S/C14H17N3O2S/c1-10-14-8-16-7-12(14)9-17(10)20(18,19)13-4-2-11(6-15)3-5-13/h2-5,10,12,14,16H,7-9H2,1H3. The summed E-state index contributed by atoms with van der Waals surface area (Å²) in [5.74, 6) is 0.821. The zero-order valence-electron chi connectivity index (χ0n) is 11.3. The van der Waals surface area contributed by atoms with Gasteiger partial charge in [-0.05, 0) is 56.1 Å². The molecule has 5 nitrogen and oxygen atoms in total. The molecule has 2 fully saturated rings. The Bertz CT molecular complexity index is 648. The van der Waals surface area contributed by atoms with Crippen LogP contribution in [0.4, 0.5) is 0 Å². The molecule has 0 radical (unpaired) electrons. The third kappa shape index (κ3) is 2.03. The van der Waals surface area contributed by atoms with Crippen LogP contribution >= 0.6 is 0 Å². The predicted octanol–water partition coefficient (Wildman–Crippen LogP) is 0.787. The van der Waals surface area contributed by atoms with Gasteiger partial charge in [0.15, 0.2) is 0 Å². The van der Waals surface area contributed by atoms with E-state index < -0.39 is 10.0 Å². The van der Waals surface area contributed by atoms with Gasteiger partial charge < -0.3 is 5.32 Å². The molecule has 2 saturated heterocycles. The Hall–Kier alpha value is -1.42. The number of sulfonamides is 1. The number of benzene rings is 1. The van der Waals surface area contributed by atoms with Gasteiger partial charge in [-0.1, -0.05) is 0 Å². The second kappa shape index (κ2) is 4.85. The first-order valence-electron chi connectivity index (χ1n) is 6.77. The van der Waals surface area contributed by atoms with E-state index in [1.807, 2.05) is 13.0 Å². The maximum Gasteiger partial charge on any atom is 0.243 e. The SMILES string of the molecule is CC1C2CNCC2CN1S(=O)(=O)c1ccc(C#N)cc1. The molecule has 2 heterocycles. The highest BCUT2D eigenvalue weighted by Crippen LogP contribution is 2.36. The monoisotopic (exact) mass is 291 g/mol. The molecule has 0 spiro atoms. The minimum absolute atomic E-state index is 0.0237. The van der Waals surface area contributed by atoms with Crippen LogP contribution in [-0.2, 0) is 10.0 Å². The zero-order valence-corrected chi connectivity index (χ0v) is 12.1. The van der Waals surface area contributed by atoms with Crippen LogP contribution < -0.4 is 5.32 Å². The highest BCUT2D eigenvalue weighted by atomic mass is 32.2. The number of hydrogen-bond acceptors (Lipinski definition) is 4. The third-order valence-electron chi connectivity index (χ3n) is 4.47. The summed E-state index contributed by atoms with van der Waals surface area (Å²) in [6.07, 6.45) is 0. The van der Waals surface area contributed by atoms with Crippen LogP contribution in [-0.4, -0.2) is 38.4 Å². The number of rotatable bonds is 2. The fourth-order valence-corrected chi connectivity index (χ4v) is 5.02. The van der Waals surface area contributed by atoms with Crippen LogP contribution in [0.2, 0.25) is 0 Å². The molecule has 106 valence electrons. The van der Waals surface area contributed by atoms with E-state index in [1.54, 1.807) is 16.4 Å². The van der Waals surface area contributed by atoms with Crippen molar-refractivity contribution in [2.75, 3.05) is 19.6 Å². The smallest absolute Gasteiger partial charge is 0.243 e. The van der Waals surface area contributed by atoms with Crippen molar-refractivity contribution < 1.29 is 8.42 Å². The van der Waals surface area contributed by atoms with Crippen LogP contribution in [0, 0.1) is 23.2 Å². The quantitative estimate of drug-likeness (QED) is 0.874. The summed E-state index contributed by atoms with van der Waals surface area (Å²) in [5, 5.41) is 12.1. The zero-order chi connectivity index (χ0) is 14.3. The van der Waals surface area contributed by atoms with Crippen molar-refractivity contribution in [2.45, 2.75) is 17.9 Å². The lowest BCUT2D eigenvalue weighted by molar-refractivity contribution is 0.360. The second-order valence-corrected chi connectivity index (χ2v) is 7.42. The Morgan fingerprint density at radius 2 is 2.00 bits per heavy atom. The van der Waals surface area contributed by atoms with Gasteiger partial charge in [0, 0.05) is 12.6 Å². The van der Waals surface area contributed by atoms with Gasteiger partial charge in [-0.25, -0.2) is 8.42 Å². The number of nitriles is 1. The molecule has 20 heavy (non-hydrogen) atoms. The average Bonchev–Trinajstić information content (AvgIpc) is 3.02. The van der Waals surface area contributed by atoms with Crippen molar-refractivity contribution in [3.8, 4) is 6.07 Å². The number of fused-ring (bicyclic) bond motifs is 1. The van der Waals surface area contributed by atoms with Crippen LogP contribution in [0.5, 0.6) is 0 Å². The maximum absolute atomic E-state index is 12.7. The van der Waals surface area contributed by atoms with Crippen LogP contribution in [0.1, 0.15) is 12.5 Å². The molecule has 3 unspecified atom stereocenters. The Labute approximate surface area is 119 Å². The molecule has 0 aliphatic carbocycles.